The predicted octanol–water partition coefficient (Wildman–Crippen LogP) is -1.92. The predicted molar refractivity (Wildman–Crippen MR) is 64.0 cm³/mol. The molecule has 11 heteroatoms. The van der Waals surface area contributed by atoms with Crippen LogP contribution in [0.4, 0.5) is 5.82 Å². The molecule has 1 aromatic rings. The van der Waals surface area contributed by atoms with Crippen molar-refractivity contribution in [1.29, 1.82) is 0 Å². The summed E-state index contributed by atoms with van der Waals surface area (Å²) >= 11 is 0. The van der Waals surface area contributed by atoms with Crippen LogP contribution in [-0.2, 0) is 4.74 Å². The fourth-order valence-electron chi connectivity index (χ4n) is 1.93. The lowest BCUT2D eigenvalue weighted by Gasteiger charge is -2.23. The molecule has 1 fully saturated rings. The molecule has 1 aromatic heterocycles. The van der Waals surface area contributed by atoms with E-state index in [-0.39, 0.29) is 5.82 Å². The van der Waals surface area contributed by atoms with Crippen molar-refractivity contribution in [2.24, 2.45) is 5.11 Å². The fourth-order valence-corrected chi connectivity index (χ4v) is 1.93. The van der Waals surface area contributed by atoms with E-state index in [1.807, 2.05) is 0 Å². The van der Waals surface area contributed by atoms with Gasteiger partial charge in [0.2, 0.25) is 5.72 Å². The summed E-state index contributed by atoms with van der Waals surface area (Å²) in [7, 11) is 0. The Morgan fingerprint density at radius 3 is 2.90 bits per heavy atom. The molecule has 2 heterocycles. The Hall–Kier alpha value is -2.17. The van der Waals surface area contributed by atoms with Crippen LogP contribution in [0.5, 0.6) is 0 Å². The molecule has 0 radical (unpaired) electrons. The van der Waals surface area contributed by atoms with Gasteiger partial charge in [0.05, 0.1) is 6.61 Å². The van der Waals surface area contributed by atoms with E-state index in [1.54, 1.807) is 0 Å². The Morgan fingerprint density at radius 2 is 2.35 bits per heavy atom. The lowest BCUT2D eigenvalue weighted by molar-refractivity contribution is -0.125. The van der Waals surface area contributed by atoms with Gasteiger partial charge in [-0.2, -0.15) is 4.98 Å². The van der Waals surface area contributed by atoms with Crippen LogP contribution < -0.4 is 11.4 Å². The monoisotopic (exact) mass is 284 g/mol. The second-order valence-corrected chi connectivity index (χ2v) is 4.18. The Kier molecular flexibility index (Phi) is 3.61. The van der Waals surface area contributed by atoms with Gasteiger partial charge < -0.3 is 25.8 Å². The van der Waals surface area contributed by atoms with E-state index in [0.29, 0.717) is 0 Å². The largest absolute Gasteiger partial charge is 0.393 e. The standard InChI is InChI=1S/C9H12N6O5/c10-4-1-2-15(8(19)12-4)7-5(17)6(18)9(3-16,20-7)13-14-11/h1-2,5-7,16-18H,3H2,(H2,10,12,19)/t5-,6+,7-,9?/m1/s1. The van der Waals surface area contributed by atoms with Crippen molar-refractivity contribution in [3.8, 4) is 0 Å². The van der Waals surface area contributed by atoms with Crippen LogP contribution in [0.3, 0.4) is 0 Å². The average molecular weight is 284 g/mol. The number of rotatable bonds is 3. The summed E-state index contributed by atoms with van der Waals surface area (Å²) in [6.45, 7) is -0.872. The van der Waals surface area contributed by atoms with Crippen LogP contribution in [0.1, 0.15) is 6.23 Å². The quantitative estimate of drug-likeness (QED) is 0.283. The lowest BCUT2D eigenvalue weighted by atomic mass is 10.1. The Morgan fingerprint density at radius 1 is 1.65 bits per heavy atom. The van der Waals surface area contributed by atoms with E-state index in [1.165, 1.54) is 12.3 Å². The van der Waals surface area contributed by atoms with Crippen LogP contribution in [0.2, 0.25) is 0 Å². The number of aromatic nitrogens is 2. The maximum Gasteiger partial charge on any atom is 0.351 e. The number of azide groups is 1. The number of hydrogen-bond acceptors (Lipinski definition) is 8. The second kappa shape index (κ2) is 5.07. The van der Waals surface area contributed by atoms with Gasteiger partial charge in [-0.05, 0) is 11.6 Å². The molecular weight excluding hydrogens is 272 g/mol. The zero-order valence-electron chi connectivity index (χ0n) is 10.1. The number of nitrogens with two attached hydrogens (primary N) is 1. The summed E-state index contributed by atoms with van der Waals surface area (Å²) in [5.41, 5.74) is 10.9. The van der Waals surface area contributed by atoms with E-state index >= 15 is 0 Å². The summed E-state index contributed by atoms with van der Waals surface area (Å²) in [4.78, 5) is 17.6. The van der Waals surface area contributed by atoms with Gasteiger partial charge in [-0.3, -0.25) is 4.57 Å². The van der Waals surface area contributed by atoms with Gasteiger partial charge in [-0.15, -0.1) is 0 Å². The molecule has 0 saturated carbocycles. The van der Waals surface area contributed by atoms with Crippen molar-refractivity contribution in [2.45, 2.75) is 24.2 Å². The minimum Gasteiger partial charge on any atom is -0.393 e. The third-order valence-electron chi connectivity index (χ3n) is 2.97. The van der Waals surface area contributed by atoms with Gasteiger partial charge in [0, 0.05) is 11.1 Å². The van der Waals surface area contributed by atoms with Crippen molar-refractivity contribution in [3.63, 3.8) is 0 Å². The van der Waals surface area contributed by atoms with Gasteiger partial charge in [0.15, 0.2) is 6.23 Å². The van der Waals surface area contributed by atoms with Crippen molar-refractivity contribution in [3.05, 3.63) is 33.2 Å². The number of anilines is 1. The van der Waals surface area contributed by atoms with Crippen LogP contribution >= 0.6 is 0 Å². The van der Waals surface area contributed by atoms with Crippen LogP contribution in [0, 0.1) is 0 Å². The minimum absolute atomic E-state index is 0.0252. The number of ether oxygens (including phenoxy) is 1. The summed E-state index contributed by atoms with van der Waals surface area (Å²) < 4.78 is 6.05. The zero-order chi connectivity index (χ0) is 14.9. The van der Waals surface area contributed by atoms with E-state index in [9.17, 15) is 20.1 Å². The maximum absolute atomic E-state index is 11.7. The van der Waals surface area contributed by atoms with E-state index in [2.05, 4.69) is 15.0 Å². The molecule has 5 N–H and O–H groups in total. The summed E-state index contributed by atoms with van der Waals surface area (Å²) in [5, 5.41) is 32.2. The third kappa shape index (κ3) is 2.09. The van der Waals surface area contributed by atoms with Crippen LogP contribution in [0.25, 0.3) is 10.4 Å². The molecule has 1 aliphatic rings. The first-order valence-corrected chi connectivity index (χ1v) is 5.51. The Labute approximate surface area is 111 Å². The van der Waals surface area contributed by atoms with Crippen molar-refractivity contribution in [2.75, 3.05) is 12.3 Å². The highest BCUT2D eigenvalue weighted by atomic mass is 16.6. The summed E-state index contributed by atoms with van der Waals surface area (Å²) in [6.07, 6.45) is -3.48. The van der Waals surface area contributed by atoms with E-state index in [0.717, 1.165) is 4.57 Å². The molecular formula is C9H12N6O5. The molecule has 11 nitrogen and oxygen atoms in total. The van der Waals surface area contributed by atoms with Gasteiger partial charge in [-0.1, -0.05) is 5.11 Å². The van der Waals surface area contributed by atoms with Crippen molar-refractivity contribution in [1.82, 2.24) is 9.55 Å². The SMILES string of the molecule is [N-]=[N+]=NC1(CO)O[C@@H](n2ccc(N)nc2=O)[C@H](O)[C@@H]1O. The minimum atomic E-state index is -2.07. The highest BCUT2D eigenvalue weighted by molar-refractivity contribution is 5.23. The highest BCUT2D eigenvalue weighted by Gasteiger charge is 2.54. The third-order valence-corrected chi connectivity index (χ3v) is 2.97. The molecule has 1 aliphatic heterocycles. The first kappa shape index (κ1) is 14.2. The normalized spacial score (nSPS) is 32.9. The smallest absolute Gasteiger partial charge is 0.351 e. The molecule has 108 valence electrons. The number of hydrogen-bond donors (Lipinski definition) is 4. The fraction of sp³-hybridized carbons (Fsp3) is 0.556. The number of nitrogens with zero attached hydrogens (tertiary/aromatic N) is 5. The molecule has 0 aromatic carbocycles. The molecule has 4 atom stereocenters. The molecule has 0 spiro atoms. The molecule has 2 rings (SSSR count). The van der Waals surface area contributed by atoms with Gasteiger partial charge >= 0.3 is 5.69 Å². The number of aliphatic hydroxyl groups is 3. The highest BCUT2D eigenvalue weighted by Crippen LogP contribution is 2.37. The first-order chi connectivity index (χ1) is 9.45. The topological polar surface area (TPSA) is 180 Å². The van der Waals surface area contributed by atoms with Gasteiger partial charge in [-0.25, -0.2) is 4.79 Å². The van der Waals surface area contributed by atoms with Crippen molar-refractivity contribution < 1.29 is 20.1 Å². The van der Waals surface area contributed by atoms with E-state index in [4.69, 9.17) is 16.0 Å². The van der Waals surface area contributed by atoms with Crippen molar-refractivity contribution >= 4 is 5.82 Å². The number of nitrogen functional groups attached to an aromatic ring is 1. The Balaban J connectivity index is 2.45. The zero-order valence-corrected chi connectivity index (χ0v) is 10.1. The maximum atomic E-state index is 11.7. The lowest BCUT2D eigenvalue weighted by Crippen LogP contribution is -2.44. The van der Waals surface area contributed by atoms with Gasteiger partial charge in [0.1, 0.15) is 18.0 Å². The molecule has 0 aliphatic carbocycles. The molecule has 0 bridgehead atoms. The molecule has 1 saturated heterocycles. The van der Waals surface area contributed by atoms with Crippen LogP contribution in [-0.4, -0.2) is 49.4 Å². The first-order valence-electron chi connectivity index (χ1n) is 5.51. The molecule has 20 heavy (non-hydrogen) atoms. The second-order valence-electron chi connectivity index (χ2n) is 4.18. The number of aliphatic hydroxyl groups excluding tert-OH is 3. The van der Waals surface area contributed by atoms with Crippen LogP contribution in [0.15, 0.2) is 22.2 Å². The molecule has 0 amide bonds. The average Bonchev–Trinajstić information content (AvgIpc) is 2.65. The molecule has 1 unspecified atom stereocenters. The Bertz CT molecular complexity index is 613. The summed E-state index contributed by atoms with van der Waals surface area (Å²) in [6, 6.07) is 1.29. The van der Waals surface area contributed by atoms with E-state index < -0.39 is 36.5 Å². The van der Waals surface area contributed by atoms with Gasteiger partial charge in [0.25, 0.3) is 0 Å². The summed E-state index contributed by atoms with van der Waals surface area (Å²) in [5.74, 6) is -0.0252.